The van der Waals surface area contributed by atoms with Crippen molar-refractivity contribution in [2.24, 2.45) is 0 Å². The minimum Gasteiger partial charge on any atom is -0.444 e. The number of rotatable bonds is 2. The summed E-state index contributed by atoms with van der Waals surface area (Å²) < 4.78 is 20.4. The van der Waals surface area contributed by atoms with Crippen molar-refractivity contribution in [3.63, 3.8) is 0 Å². The predicted molar refractivity (Wildman–Crippen MR) is 124 cm³/mol. The van der Waals surface area contributed by atoms with E-state index in [0.717, 1.165) is 12.8 Å². The van der Waals surface area contributed by atoms with Gasteiger partial charge in [0.2, 0.25) is 0 Å². The van der Waals surface area contributed by atoms with Crippen LogP contribution in [0.3, 0.4) is 0 Å². The lowest BCUT2D eigenvalue weighted by molar-refractivity contribution is 0.0213. The van der Waals surface area contributed by atoms with Crippen LogP contribution in [0.15, 0.2) is 53.6 Å². The molecule has 1 unspecified atom stereocenters. The number of ether oxygens (including phenoxy) is 1. The van der Waals surface area contributed by atoms with E-state index in [4.69, 9.17) is 4.74 Å². The van der Waals surface area contributed by atoms with Crippen LogP contribution in [-0.2, 0) is 11.3 Å². The first kappa shape index (κ1) is 22.5. The molecule has 1 aromatic heterocycles. The highest BCUT2D eigenvalue weighted by Crippen LogP contribution is 2.22. The number of likely N-dealkylation sites (tertiary alicyclic amines) is 1. The van der Waals surface area contributed by atoms with Gasteiger partial charge in [0.05, 0.1) is 23.3 Å². The van der Waals surface area contributed by atoms with Gasteiger partial charge in [-0.05, 0) is 70.0 Å². The molecule has 7 heteroatoms. The fraction of sp³-hybridized carbons (Fsp3) is 0.346. The summed E-state index contributed by atoms with van der Waals surface area (Å²) in [4.78, 5) is 31.8. The minimum atomic E-state index is -0.569. The number of fused-ring (bicyclic) bond motifs is 1. The Balaban J connectivity index is 1.54. The summed E-state index contributed by atoms with van der Waals surface area (Å²) in [7, 11) is 0. The van der Waals surface area contributed by atoms with E-state index in [1.165, 1.54) is 18.5 Å². The molecule has 33 heavy (non-hydrogen) atoms. The molecule has 1 aliphatic heterocycles. The van der Waals surface area contributed by atoms with Gasteiger partial charge in [-0.15, -0.1) is 0 Å². The van der Waals surface area contributed by atoms with Gasteiger partial charge in [-0.1, -0.05) is 17.9 Å². The van der Waals surface area contributed by atoms with E-state index in [-0.39, 0.29) is 23.5 Å². The number of hydrogen-bond acceptors (Lipinski definition) is 4. The largest absolute Gasteiger partial charge is 0.444 e. The lowest BCUT2D eigenvalue weighted by Gasteiger charge is -2.28. The van der Waals surface area contributed by atoms with Crippen LogP contribution in [0.5, 0.6) is 0 Å². The lowest BCUT2D eigenvalue weighted by atomic mass is 10.1. The third kappa shape index (κ3) is 5.40. The van der Waals surface area contributed by atoms with Gasteiger partial charge in [-0.25, -0.2) is 14.2 Å². The molecule has 1 amide bonds. The molecule has 0 radical (unpaired) electrons. The molecule has 0 saturated carbocycles. The van der Waals surface area contributed by atoms with Crippen molar-refractivity contribution in [2.45, 2.75) is 51.8 Å². The van der Waals surface area contributed by atoms with Gasteiger partial charge in [-0.3, -0.25) is 9.36 Å². The summed E-state index contributed by atoms with van der Waals surface area (Å²) >= 11 is 0. The number of halogens is 1. The van der Waals surface area contributed by atoms with Crippen LogP contribution >= 0.6 is 0 Å². The zero-order valence-electron chi connectivity index (χ0n) is 19.0. The summed E-state index contributed by atoms with van der Waals surface area (Å²) in [5.41, 5.74) is 1.06. The number of nitrogens with zero attached hydrogens (tertiary/aromatic N) is 3. The molecule has 1 saturated heterocycles. The summed E-state index contributed by atoms with van der Waals surface area (Å²) in [5.74, 6) is 5.57. The molecular weight excluding hydrogens is 421 g/mol. The van der Waals surface area contributed by atoms with Crippen LogP contribution in [0.25, 0.3) is 10.9 Å². The van der Waals surface area contributed by atoms with Crippen molar-refractivity contribution in [1.82, 2.24) is 14.5 Å². The van der Waals surface area contributed by atoms with Crippen molar-refractivity contribution in [3.8, 4) is 11.8 Å². The van der Waals surface area contributed by atoms with Crippen molar-refractivity contribution >= 4 is 17.0 Å². The topological polar surface area (TPSA) is 64.4 Å². The molecule has 6 nitrogen and oxygen atoms in total. The quantitative estimate of drug-likeness (QED) is 0.549. The molecule has 170 valence electrons. The van der Waals surface area contributed by atoms with Gasteiger partial charge in [0, 0.05) is 24.2 Å². The third-order valence-corrected chi connectivity index (χ3v) is 5.41. The second-order valence-electron chi connectivity index (χ2n) is 9.16. The summed E-state index contributed by atoms with van der Waals surface area (Å²) in [5, 5.41) is 0.482. The molecule has 0 N–H and O–H groups in total. The van der Waals surface area contributed by atoms with Crippen LogP contribution in [0.1, 0.15) is 44.7 Å². The van der Waals surface area contributed by atoms with Gasteiger partial charge >= 0.3 is 6.09 Å². The van der Waals surface area contributed by atoms with E-state index < -0.39 is 5.60 Å². The molecule has 0 bridgehead atoms. The number of carbonyl (C=O) groups is 1. The fourth-order valence-corrected chi connectivity index (χ4v) is 3.89. The van der Waals surface area contributed by atoms with Crippen molar-refractivity contribution in [1.29, 1.82) is 0 Å². The maximum atomic E-state index is 13.3. The fourth-order valence-electron chi connectivity index (χ4n) is 3.89. The summed E-state index contributed by atoms with van der Waals surface area (Å²) in [6.07, 6.45) is 2.83. The Morgan fingerprint density at radius 3 is 2.67 bits per heavy atom. The standard InChI is InChI=1S/C26H26FN3O3/c1-26(2,3)33-25(32)30-13-5-8-21(30)16-29-17-28-23-15-19(11-12-22(23)24(29)31)10-9-18-6-4-7-20(27)14-18/h4,6-7,11-12,14-15,17,21H,5,8,13,16H2,1-3H3. The van der Waals surface area contributed by atoms with E-state index in [9.17, 15) is 14.0 Å². The number of aromatic nitrogens is 2. The second-order valence-corrected chi connectivity index (χ2v) is 9.16. The molecule has 1 aliphatic rings. The summed E-state index contributed by atoms with van der Waals surface area (Å²) in [6.45, 7) is 6.49. The van der Waals surface area contributed by atoms with E-state index in [1.54, 1.807) is 39.8 Å². The normalized spacial score (nSPS) is 15.9. The number of amides is 1. The first-order valence-corrected chi connectivity index (χ1v) is 11.0. The molecule has 3 aromatic rings. The maximum absolute atomic E-state index is 13.3. The van der Waals surface area contributed by atoms with Gasteiger partial charge in [0.25, 0.3) is 5.56 Å². The summed E-state index contributed by atoms with van der Waals surface area (Å²) in [6, 6.07) is 11.2. The van der Waals surface area contributed by atoms with Crippen LogP contribution < -0.4 is 5.56 Å². The van der Waals surface area contributed by atoms with E-state index in [2.05, 4.69) is 16.8 Å². The van der Waals surface area contributed by atoms with Crippen molar-refractivity contribution in [3.05, 3.63) is 76.1 Å². The van der Waals surface area contributed by atoms with Crippen LogP contribution in [0.2, 0.25) is 0 Å². The highest BCUT2D eigenvalue weighted by atomic mass is 19.1. The van der Waals surface area contributed by atoms with Gasteiger partial charge in [0.15, 0.2) is 0 Å². The Morgan fingerprint density at radius 2 is 1.94 bits per heavy atom. The molecule has 1 atom stereocenters. The molecule has 0 aliphatic carbocycles. The Kier molecular flexibility index (Phi) is 6.19. The first-order valence-electron chi connectivity index (χ1n) is 11.0. The molecular formula is C26H26FN3O3. The Hall–Kier alpha value is -3.66. The SMILES string of the molecule is CC(C)(C)OC(=O)N1CCCC1Cn1cnc2cc(C#Cc3cccc(F)c3)ccc2c1=O. The number of benzene rings is 2. The first-order chi connectivity index (χ1) is 15.7. The molecule has 2 heterocycles. The zero-order valence-corrected chi connectivity index (χ0v) is 19.0. The smallest absolute Gasteiger partial charge is 0.410 e. The zero-order chi connectivity index (χ0) is 23.6. The van der Waals surface area contributed by atoms with E-state index >= 15 is 0 Å². The van der Waals surface area contributed by atoms with Crippen molar-refractivity contribution < 1.29 is 13.9 Å². The predicted octanol–water partition coefficient (Wildman–Crippen LogP) is 4.33. The second kappa shape index (κ2) is 9.07. The Morgan fingerprint density at radius 1 is 1.18 bits per heavy atom. The molecule has 2 aromatic carbocycles. The van der Waals surface area contributed by atoms with Crippen LogP contribution in [0, 0.1) is 17.7 Å². The van der Waals surface area contributed by atoms with Crippen LogP contribution in [-0.4, -0.2) is 38.7 Å². The maximum Gasteiger partial charge on any atom is 0.410 e. The highest BCUT2D eigenvalue weighted by Gasteiger charge is 2.32. The van der Waals surface area contributed by atoms with Gasteiger partial charge < -0.3 is 9.64 Å². The lowest BCUT2D eigenvalue weighted by Crippen LogP contribution is -2.42. The van der Waals surface area contributed by atoms with E-state index in [1.807, 2.05) is 20.8 Å². The molecule has 1 fully saturated rings. The Bertz CT molecular complexity index is 1310. The average molecular weight is 448 g/mol. The van der Waals surface area contributed by atoms with Crippen LogP contribution in [0.4, 0.5) is 9.18 Å². The van der Waals surface area contributed by atoms with Gasteiger partial charge in [0.1, 0.15) is 11.4 Å². The minimum absolute atomic E-state index is 0.117. The van der Waals surface area contributed by atoms with E-state index in [0.29, 0.717) is 35.1 Å². The Labute approximate surface area is 192 Å². The van der Waals surface area contributed by atoms with Crippen molar-refractivity contribution in [2.75, 3.05) is 6.54 Å². The average Bonchev–Trinajstić information content (AvgIpc) is 3.21. The highest BCUT2D eigenvalue weighted by molar-refractivity contribution is 5.79. The van der Waals surface area contributed by atoms with Gasteiger partial charge in [-0.2, -0.15) is 0 Å². The monoisotopic (exact) mass is 447 g/mol. The number of hydrogen-bond donors (Lipinski definition) is 0. The molecule has 4 rings (SSSR count). The molecule has 0 spiro atoms. The third-order valence-electron chi connectivity index (χ3n) is 5.41. The number of carbonyl (C=O) groups excluding carboxylic acids is 1.